The second-order valence-corrected chi connectivity index (χ2v) is 7.63. The Morgan fingerprint density at radius 3 is 2.82 bits per heavy atom. The van der Waals surface area contributed by atoms with Gasteiger partial charge in [-0.1, -0.05) is 36.4 Å². The minimum atomic E-state index is -0.326. The van der Waals surface area contributed by atoms with E-state index in [4.69, 9.17) is 0 Å². The molecule has 6 nitrogen and oxygen atoms in total. The molecule has 0 saturated carbocycles. The number of rotatable bonds is 5. The van der Waals surface area contributed by atoms with Crippen molar-refractivity contribution in [1.82, 2.24) is 10.3 Å². The molecule has 1 aliphatic heterocycles. The van der Waals surface area contributed by atoms with Crippen LogP contribution in [0.25, 0.3) is 0 Å². The van der Waals surface area contributed by atoms with E-state index in [2.05, 4.69) is 27.8 Å². The minimum Gasteiger partial charge on any atom is -0.333 e. The fourth-order valence-electron chi connectivity index (χ4n) is 3.30. The first-order valence-corrected chi connectivity index (χ1v) is 9.95. The van der Waals surface area contributed by atoms with Crippen LogP contribution in [0.5, 0.6) is 0 Å². The van der Waals surface area contributed by atoms with Gasteiger partial charge in [-0.15, -0.1) is 11.3 Å². The Hall–Kier alpha value is -3.19. The molecule has 0 unspecified atom stereocenters. The molecule has 3 heterocycles. The van der Waals surface area contributed by atoms with Crippen LogP contribution >= 0.6 is 11.3 Å². The highest BCUT2D eigenvalue weighted by Crippen LogP contribution is 2.32. The maximum absolute atomic E-state index is 12.5. The molecule has 0 spiro atoms. The number of benzene rings is 1. The fourth-order valence-corrected chi connectivity index (χ4v) is 3.95. The summed E-state index contributed by atoms with van der Waals surface area (Å²) in [5.41, 5.74) is 1.91. The van der Waals surface area contributed by atoms with E-state index in [1.807, 2.05) is 35.7 Å². The van der Waals surface area contributed by atoms with Crippen molar-refractivity contribution < 1.29 is 9.59 Å². The summed E-state index contributed by atoms with van der Waals surface area (Å²) in [6, 6.07) is 17.2. The molecule has 1 atom stereocenters. The number of carbonyl (C=O) groups excluding carboxylic acids is 2. The molecule has 1 aromatic carbocycles. The lowest BCUT2D eigenvalue weighted by atomic mass is 9.99. The van der Waals surface area contributed by atoms with E-state index in [1.165, 1.54) is 5.56 Å². The van der Waals surface area contributed by atoms with Crippen LogP contribution in [0.15, 0.2) is 66.2 Å². The fraction of sp³-hybridized carbons (Fsp3) is 0.190. The highest BCUT2D eigenvalue weighted by molar-refractivity contribution is 7.09. The summed E-state index contributed by atoms with van der Waals surface area (Å²) in [6.45, 7) is 1.09. The third kappa shape index (κ3) is 4.20. The number of aromatic nitrogens is 1. The average molecular weight is 392 g/mol. The highest BCUT2D eigenvalue weighted by atomic mass is 32.1. The van der Waals surface area contributed by atoms with Crippen molar-refractivity contribution in [2.24, 2.45) is 0 Å². The maximum atomic E-state index is 12.5. The van der Waals surface area contributed by atoms with Crippen LogP contribution in [0, 0.1) is 0 Å². The summed E-state index contributed by atoms with van der Waals surface area (Å²) in [7, 11) is 0. The van der Waals surface area contributed by atoms with Crippen LogP contribution in [-0.4, -0.2) is 23.5 Å². The van der Waals surface area contributed by atoms with Gasteiger partial charge in [-0.3, -0.25) is 10.1 Å². The Morgan fingerprint density at radius 2 is 2.04 bits per heavy atom. The third-order valence-electron chi connectivity index (χ3n) is 4.70. The van der Waals surface area contributed by atoms with Crippen LogP contribution in [0.3, 0.4) is 0 Å². The lowest BCUT2D eigenvalue weighted by Gasteiger charge is -2.17. The van der Waals surface area contributed by atoms with Crippen molar-refractivity contribution in [2.45, 2.75) is 18.9 Å². The SMILES string of the molecule is O=C(NCc1cccs1)Nc1cc(N2C[C@@H](c3ccccc3)CC2=O)ccn1. The van der Waals surface area contributed by atoms with Crippen molar-refractivity contribution in [3.63, 3.8) is 0 Å². The Kier molecular flexibility index (Phi) is 5.34. The van der Waals surface area contributed by atoms with Crippen LogP contribution in [0.1, 0.15) is 22.8 Å². The number of hydrogen-bond acceptors (Lipinski definition) is 4. The predicted molar refractivity (Wildman–Crippen MR) is 111 cm³/mol. The van der Waals surface area contributed by atoms with Gasteiger partial charge in [0.25, 0.3) is 0 Å². The van der Waals surface area contributed by atoms with Gasteiger partial charge in [-0.25, -0.2) is 9.78 Å². The molecule has 0 radical (unpaired) electrons. The van der Waals surface area contributed by atoms with E-state index in [0.717, 1.165) is 10.6 Å². The first kappa shape index (κ1) is 18.2. The van der Waals surface area contributed by atoms with Crippen molar-refractivity contribution in [1.29, 1.82) is 0 Å². The number of carbonyl (C=O) groups is 2. The molecule has 142 valence electrons. The summed E-state index contributed by atoms with van der Waals surface area (Å²) in [5.74, 6) is 0.664. The molecule has 1 fully saturated rings. The smallest absolute Gasteiger partial charge is 0.320 e. The predicted octanol–water partition coefficient (Wildman–Crippen LogP) is 3.99. The van der Waals surface area contributed by atoms with Gasteiger partial charge in [-0.2, -0.15) is 0 Å². The molecule has 3 amide bonds. The molecule has 0 aliphatic carbocycles. The first-order chi connectivity index (χ1) is 13.7. The molecular weight excluding hydrogens is 372 g/mol. The molecule has 1 aliphatic rings. The Labute approximate surface area is 167 Å². The lowest BCUT2D eigenvalue weighted by molar-refractivity contribution is -0.117. The van der Waals surface area contributed by atoms with E-state index >= 15 is 0 Å². The number of thiophene rings is 1. The quantitative estimate of drug-likeness (QED) is 0.690. The number of nitrogens with one attached hydrogen (secondary N) is 2. The summed E-state index contributed by atoms with van der Waals surface area (Å²) >= 11 is 1.59. The van der Waals surface area contributed by atoms with Crippen LogP contribution in [0.4, 0.5) is 16.3 Å². The van der Waals surface area contributed by atoms with Gasteiger partial charge in [0.05, 0.1) is 6.54 Å². The number of nitrogens with zero attached hydrogens (tertiary/aromatic N) is 2. The lowest BCUT2D eigenvalue weighted by Crippen LogP contribution is -2.28. The second-order valence-electron chi connectivity index (χ2n) is 6.60. The number of anilines is 2. The maximum Gasteiger partial charge on any atom is 0.320 e. The normalized spacial score (nSPS) is 16.2. The number of amides is 3. The van der Waals surface area contributed by atoms with E-state index in [0.29, 0.717) is 25.3 Å². The van der Waals surface area contributed by atoms with Crippen LogP contribution < -0.4 is 15.5 Å². The summed E-state index contributed by atoms with van der Waals surface area (Å²) in [4.78, 5) is 31.7. The topological polar surface area (TPSA) is 74.3 Å². The molecule has 7 heteroatoms. The summed E-state index contributed by atoms with van der Waals surface area (Å²) in [6.07, 6.45) is 2.09. The van der Waals surface area contributed by atoms with Gasteiger partial charge in [-0.05, 0) is 23.1 Å². The zero-order valence-corrected chi connectivity index (χ0v) is 16.0. The Morgan fingerprint density at radius 1 is 1.18 bits per heavy atom. The van der Waals surface area contributed by atoms with Crippen LogP contribution in [-0.2, 0) is 11.3 Å². The first-order valence-electron chi connectivity index (χ1n) is 9.07. The van der Waals surface area contributed by atoms with Gasteiger partial charge in [0.1, 0.15) is 5.82 Å². The summed E-state index contributed by atoms with van der Waals surface area (Å²) < 4.78 is 0. The molecular formula is C21H20N4O2S. The molecule has 1 saturated heterocycles. The van der Waals surface area contributed by atoms with Gasteiger partial charge >= 0.3 is 6.03 Å². The molecule has 2 N–H and O–H groups in total. The van der Waals surface area contributed by atoms with Crippen molar-refractivity contribution in [2.75, 3.05) is 16.8 Å². The number of pyridine rings is 1. The average Bonchev–Trinajstić information content (AvgIpc) is 3.37. The van der Waals surface area contributed by atoms with Gasteiger partial charge in [0, 0.05) is 41.7 Å². The molecule has 4 rings (SSSR count). The van der Waals surface area contributed by atoms with E-state index in [-0.39, 0.29) is 17.9 Å². The zero-order valence-electron chi connectivity index (χ0n) is 15.2. The van der Waals surface area contributed by atoms with Crippen molar-refractivity contribution in [3.8, 4) is 0 Å². The standard InChI is InChI=1S/C21H20N4O2S/c26-20-11-16(15-5-2-1-3-6-15)14-25(20)17-8-9-22-19(12-17)24-21(27)23-13-18-7-4-10-28-18/h1-10,12,16H,11,13-14H2,(H2,22,23,24,27)/t16-/m0/s1. The molecule has 28 heavy (non-hydrogen) atoms. The van der Waals surface area contributed by atoms with Crippen molar-refractivity contribution in [3.05, 3.63) is 76.6 Å². The highest BCUT2D eigenvalue weighted by Gasteiger charge is 2.31. The number of urea groups is 1. The molecule has 3 aromatic rings. The third-order valence-corrected chi connectivity index (χ3v) is 5.57. The van der Waals surface area contributed by atoms with E-state index in [1.54, 1.807) is 34.6 Å². The largest absolute Gasteiger partial charge is 0.333 e. The zero-order chi connectivity index (χ0) is 19.3. The number of hydrogen-bond donors (Lipinski definition) is 2. The summed E-state index contributed by atoms with van der Waals surface area (Å²) in [5, 5.41) is 7.50. The van der Waals surface area contributed by atoms with Crippen molar-refractivity contribution >= 4 is 34.8 Å². The molecule has 2 aromatic heterocycles. The monoisotopic (exact) mass is 392 g/mol. The van der Waals surface area contributed by atoms with E-state index in [9.17, 15) is 9.59 Å². The van der Waals surface area contributed by atoms with Gasteiger partial charge < -0.3 is 10.2 Å². The van der Waals surface area contributed by atoms with Gasteiger partial charge in [0.15, 0.2) is 0 Å². The van der Waals surface area contributed by atoms with Crippen LogP contribution in [0.2, 0.25) is 0 Å². The van der Waals surface area contributed by atoms with Gasteiger partial charge in [0.2, 0.25) is 5.91 Å². The molecule has 0 bridgehead atoms. The Bertz CT molecular complexity index is 960. The minimum absolute atomic E-state index is 0.0770. The second kappa shape index (κ2) is 8.22. The Balaban J connectivity index is 1.40. The van der Waals surface area contributed by atoms with E-state index < -0.39 is 0 Å².